The van der Waals surface area contributed by atoms with Crippen molar-refractivity contribution in [2.75, 3.05) is 33.9 Å². The van der Waals surface area contributed by atoms with E-state index in [1.165, 1.54) is 0 Å². The van der Waals surface area contributed by atoms with Crippen LogP contribution in [0.25, 0.3) is 33.6 Å². The summed E-state index contributed by atoms with van der Waals surface area (Å²) in [6, 6.07) is 17.9. The summed E-state index contributed by atoms with van der Waals surface area (Å²) in [4.78, 5) is 23.5. The van der Waals surface area contributed by atoms with Gasteiger partial charge in [0.2, 0.25) is 11.8 Å². The fourth-order valence-corrected chi connectivity index (χ4v) is 8.02. The number of amides is 1. The second-order valence-electron chi connectivity index (χ2n) is 13.7. The molecule has 3 fully saturated rings. The summed E-state index contributed by atoms with van der Waals surface area (Å²) in [5, 5.41) is 17.5. The molecular weight excluding hydrogens is 649 g/mol. The van der Waals surface area contributed by atoms with Crippen molar-refractivity contribution in [3.05, 3.63) is 82.0 Å². The summed E-state index contributed by atoms with van der Waals surface area (Å²) in [5.74, 6) is 1.43. The van der Waals surface area contributed by atoms with Crippen LogP contribution in [0.4, 0.5) is 0 Å². The first-order chi connectivity index (χ1) is 23.1. The number of halogens is 2. The molecule has 0 unspecified atom stereocenters. The van der Waals surface area contributed by atoms with Gasteiger partial charge in [0.1, 0.15) is 5.75 Å². The first-order valence-electron chi connectivity index (χ1n) is 16.2. The van der Waals surface area contributed by atoms with Crippen molar-refractivity contribution in [1.29, 1.82) is 0 Å². The predicted molar refractivity (Wildman–Crippen MR) is 187 cm³/mol. The molecule has 48 heavy (non-hydrogen) atoms. The molecule has 0 radical (unpaired) electrons. The number of carbonyl (C=O) groups excluding carboxylic acids is 1. The van der Waals surface area contributed by atoms with Crippen LogP contribution < -0.4 is 20.1 Å². The Morgan fingerprint density at radius 2 is 1.75 bits per heavy atom. The number of methoxy groups -OCH3 is 2. The van der Waals surface area contributed by atoms with Crippen molar-refractivity contribution in [3.8, 4) is 45.3 Å². The molecule has 4 heterocycles. The maximum absolute atomic E-state index is 11.7. The summed E-state index contributed by atoms with van der Waals surface area (Å²) in [7, 11) is 3.28. The highest BCUT2D eigenvalue weighted by Gasteiger charge is 2.48. The van der Waals surface area contributed by atoms with E-state index in [0.717, 1.165) is 78.2 Å². The minimum atomic E-state index is -0.586. The molecule has 2 aromatic carbocycles. The highest BCUT2D eigenvalue weighted by Crippen LogP contribution is 2.43. The van der Waals surface area contributed by atoms with Gasteiger partial charge in [0.05, 0.1) is 41.3 Å². The van der Waals surface area contributed by atoms with Gasteiger partial charge in [-0.25, -0.2) is 4.98 Å². The second kappa shape index (κ2) is 12.9. The van der Waals surface area contributed by atoms with Crippen LogP contribution in [0.5, 0.6) is 11.6 Å². The number of likely N-dealkylation sites (tertiary alicyclic amines) is 1. The number of benzene rings is 2. The smallest absolute Gasteiger partial charge is 0.220 e. The fraction of sp³-hybridized carbons (Fsp3) is 0.378. The predicted octanol–water partition coefficient (Wildman–Crippen LogP) is 6.13. The molecule has 2 aliphatic heterocycles. The number of nitrogens with one attached hydrogen (secondary N) is 2. The third-order valence-corrected chi connectivity index (χ3v) is 10.6. The Morgan fingerprint density at radius 3 is 2.46 bits per heavy atom. The molecule has 2 aromatic heterocycles. The fourth-order valence-electron chi connectivity index (χ4n) is 7.37. The molecule has 9 nitrogen and oxygen atoms in total. The number of nitrogens with zero attached hydrogens (tertiary/aromatic N) is 3. The monoisotopic (exact) mass is 687 g/mol. The van der Waals surface area contributed by atoms with Crippen LogP contribution in [-0.2, 0) is 17.9 Å². The standard InChI is InChI=1S/C37H39Cl2N5O4/c1-36(46)14-25(15-36)41-17-23-9-10-29(43-35(23)48-3)28-6-4-5-26(32(28)38)27-11-12-40-34(33(27)39)22-7-8-24(30(13-22)47-2)18-44-20-37(21-44)16-31(45)42-19-37/h4-13,25,41,46H,14-21H2,1-3H3,(H,42,45)/t25-,36-. The third kappa shape index (κ3) is 6.37. The van der Waals surface area contributed by atoms with Crippen molar-refractivity contribution in [2.45, 2.75) is 50.9 Å². The Kier molecular flexibility index (Phi) is 8.85. The summed E-state index contributed by atoms with van der Waals surface area (Å²) in [6.07, 6.45) is 3.79. The number of aromatic nitrogens is 2. The van der Waals surface area contributed by atoms with Crippen molar-refractivity contribution < 1.29 is 19.4 Å². The maximum Gasteiger partial charge on any atom is 0.220 e. The van der Waals surface area contributed by atoms with Crippen LogP contribution in [-0.4, -0.2) is 71.4 Å². The van der Waals surface area contributed by atoms with Gasteiger partial charge in [0, 0.05) is 90.2 Å². The number of aliphatic hydroxyl groups is 1. The number of hydrogen-bond acceptors (Lipinski definition) is 8. The molecule has 1 aliphatic carbocycles. The Labute approximate surface area is 290 Å². The highest BCUT2D eigenvalue weighted by molar-refractivity contribution is 6.39. The molecular formula is C37H39Cl2N5O4. The molecule has 4 aromatic rings. The Balaban J connectivity index is 1.11. The van der Waals surface area contributed by atoms with Gasteiger partial charge in [-0.1, -0.05) is 59.6 Å². The topological polar surface area (TPSA) is 109 Å². The normalized spacial score (nSPS) is 21.5. The Bertz CT molecular complexity index is 1870. The summed E-state index contributed by atoms with van der Waals surface area (Å²) < 4.78 is 11.5. The van der Waals surface area contributed by atoms with Gasteiger partial charge in [-0.2, -0.15) is 0 Å². The van der Waals surface area contributed by atoms with E-state index in [4.69, 9.17) is 37.7 Å². The maximum atomic E-state index is 11.7. The number of pyridine rings is 2. The summed E-state index contributed by atoms with van der Waals surface area (Å²) >= 11 is 14.2. The molecule has 1 spiro atoms. The van der Waals surface area contributed by atoms with Crippen LogP contribution in [0.15, 0.2) is 60.8 Å². The Hall–Kier alpha value is -3.73. The lowest BCUT2D eigenvalue weighted by Gasteiger charge is -2.47. The molecule has 250 valence electrons. The third-order valence-electron chi connectivity index (χ3n) is 9.81. The second-order valence-corrected chi connectivity index (χ2v) is 14.4. The molecule has 11 heteroatoms. The summed E-state index contributed by atoms with van der Waals surface area (Å²) in [6.45, 7) is 5.72. The lowest BCUT2D eigenvalue weighted by atomic mass is 9.77. The molecule has 3 N–H and O–H groups in total. The van der Waals surface area contributed by atoms with Gasteiger partial charge < -0.3 is 25.2 Å². The van der Waals surface area contributed by atoms with E-state index < -0.39 is 5.60 Å². The van der Waals surface area contributed by atoms with Gasteiger partial charge in [-0.3, -0.25) is 14.7 Å². The lowest BCUT2D eigenvalue weighted by molar-refractivity contribution is -0.120. The van der Waals surface area contributed by atoms with E-state index in [2.05, 4.69) is 26.6 Å². The molecule has 3 aliphatic rings. The minimum absolute atomic E-state index is 0.0731. The van der Waals surface area contributed by atoms with Crippen LogP contribution in [0.2, 0.25) is 10.0 Å². The lowest BCUT2D eigenvalue weighted by Crippen LogP contribution is -2.56. The summed E-state index contributed by atoms with van der Waals surface area (Å²) in [5.41, 5.74) is 5.91. The highest BCUT2D eigenvalue weighted by atomic mass is 35.5. The Morgan fingerprint density at radius 1 is 1.00 bits per heavy atom. The zero-order valence-corrected chi connectivity index (χ0v) is 28.8. The van der Waals surface area contributed by atoms with Gasteiger partial charge in [-0.05, 0) is 38.0 Å². The zero-order chi connectivity index (χ0) is 33.6. The quantitative estimate of drug-likeness (QED) is 0.183. The van der Waals surface area contributed by atoms with E-state index in [0.29, 0.717) is 40.3 Å². The number of rotatable bonds is 10. The first-order valence-corrected chi connectivity index (χ1v) is 16.9. The number of carbonyl (C=O) groups is 1. The van der Waals surface area contributed by atoms with Gasteiger partial charge in [0.25, 0.3) is 0 Å². The van der Waals surface area contributed by atoms with Gasteiger partial charge >= 0.3 is 0 Å². The molecule has 0 bridgehead atoms. The van der Waals surface area contributed by atoms with E-state index in [1.54, 1.807) is 20.4 Å². The van der Waals surface area contributed by atoms with E-state index in [9.17, 15) is 9.90 Å². The molecule has 1 saturated carbocycles. The zero-order valence-electron chi connectivity index (χ0n) is 27.3. The van der Waals surface area contributed by atoms with Gasteiger partial charge in [0.15, 0.2) is 0 Å². The largest absolute Gasteiger partial charge is 0.496 e. The van der Waals surface area contributed by atoms with Crippen LogP contribution in [0, 0.1) is 5.41 Å². The van der Waals surface area contributed by atoms with Crippen molar-refractivity contribution in [3.63, 3.8) is 0 Å². The first kappa shape index (κ1) is 32.8. The van der Waals surface area contributed by atoms with E-state index >= 15 is 0 Å². The molecule has 2 saturated heterocycles. The van der Waals surface area contributed by atoms with Crippen LogP contribution >= 0.6 is 23.2 Å². The minimum Gasteiger partial charge on any atom is -0.496 e. The van der Waals surface area contributed by atoms with E-state index in [-0.39, 0.29) is 17.4 Å². The SMILES string of the molecule is COc1cc(-c2nccc(-c3cccc(-c4ccc(CN[C@H]5C[C@](C)(O)C5)c(OC)n4)c3Cl)c2Cl)ccc1CN1CC2(CNC(=O)C2)C1. The van der Waals surface area contributed by atoms with Crippen LogP contribution in [0.3, 0.4) is 0 Å². The van der Waals surface area contributed by atoms with Crippen molar-refractivity contribution >= 4 is 29.1 Å². The van der Waals surface area contributed by atoms with E-state index in [1.807, 2.05) is 55.5 Å². The molecule has 7 rings (SSSR count). The van der Waals surface area contributed by atoms with Crippen LogP contribution in [0.1, 0.15) is 37.3 Å². The van der Waals surface area contributed by atoms with Crippen molar-refractivity contribution in [1.82, 2.24) is 25.5 Å². The van der Waals surface area contributed by atoms with Crippen molar-refractivity contribution in [2.24, 2.45) is 5.41 Å². The average molecular weight is 689 g/mol. The number of ether oxygens (including phenoxy) is 2. The molecule has 0 atom stereocenters. The molecule has 1 amide bonds. The average Bonchev–Trinajstić information content (AvgIpc) is 3.44. The number of hydrogen-bond donors (Lipinski definition) is 3. The van der Waals surface area contributed by atoms with Gasteiger partial charge in [-0.15, -0.1) is 0 Å².